The second kappa shape index (κ2) is 5.92. The van der Waals surface area contributed by atoms with Crippen molar-refractivity contribution in [2.24, 2.45) is 0 Å². The van der Waals surface area contributed by atoms with E-state index >= 15 is 0 Å². The molecule has 0 spiro atoms. The Morgan fingerprint density at radius 1 is 1.20 bits per heavy atom. The SMILES string of the molecule is COc1ccc(C(=O)O)c(Oc2cc(F)cc(Br)c2)c1. The van der Waals surface area contributed by atoms with Gasteiger partial charge in [0.25, 0.3) is 0 Å². The molecule has 1 N–H and O–H groups in total. The smallest absolute Gasteiger partial charge is 0.339 e. The van der Waals surface area contributed by atoms with Crippen LogP contribution in [0.2, 0.25) is 0 Å². The van der Waals surface area contributed by atoms with E-state index in [-0.39, 0.29) is 17.1 Å². The summed E-state index contributed by atoms with van der Waals surface area (Å²) in [6.45, 7) is 0. The van der Waals surface area contributed by atoms with Crippen molar-refractivity contribution in [3.05, 3.63) is 52.3 Å². The predicted molar refractivity (Wildman–Crippen MR) is 74.1 cm³/mol. The summed E-state index contributed by atoms with van der Waals surface area (Å²) in [5.41, 5.74) is -0.0359. The Balaban J connectivity index is 2.42. The van der Waals surface area contributed by atoms with Gasteiger partial charge < -0.3 is 14.6 Å². The van der Waals surface area contributed by atoms with E-state index in [1.54, 1.807) is 0 Å². The lowest BCUT2D eigenvalue weighted by molar-refractivity contribution is 0.0694. The van der Waals surface area contributed by atoms with Crippen LogP contribution in [0.15, 0.2) is 40.9 Å². The lowest BCUT2D eigenvalue weighted by Crippen LogP contribution is -2.00. The van der Waals surface area contributed by atoms with Crippen LogP contribution in [0.4, 0.5) is 4.39 Å². The summed E-state index contributed by atoms with van der Waals surface area (Å²) in [5.74, 6) is -0.922. The van der Waals surface area contributed by atoms with Crippen LogP contribution >= 0.6 is 15.9 Å². The highest BCUT2D eigenvalue weighted by atomic mass is 79.9. The van der Waals surface area contributed by atoms with Crippen LogP contribution in [0.3, 0.4) is 0 Å². The van der Waals surface area contributed by atoms with Gasteiger partial charge in [0.05, 0.1) is 7.11 Å². The first-order chi connectivity index (χ1) is 9.49. The minimum atomic E-state index is -1.14. The summed E-state index contributed by atoms with van der Waals surface area (Å²) in [6, 6.07) is 8.28. The molecule has 6 heteroatoms. The number of hydrogen-bond donors (Lipinski definition) is 1. The van der Waals surface area contributed by atoms with Crippen molar-refractivity contribution >= 4 is 21.9 Å². The molecule has 0 aliphatic heterocycles. The van der Waals surface area contributed by atoms with Gasteiger partial charge in [-0.15, -0.1) is 0 Å². The summed E-state index contributed by atoms with van der Waals surface area (Å²) in [6.07, 6.45) is 0. The molecule has 0 amide bonds. The Morgan fingerprint density at radius 2 is 1.95 bits per heavy atom. The normalized spacial score (nSPS) is 10.2. The van der Waals surface area contributed by atoms with E-state index in [9.17, 15) is 9.18 Å². The van der Waals surface area contributed by atoms with E-state index in [0.717, 1.165) is 6.07 Å². The molecule has 104 valence electrons. The Morgan fingerprint density at radius 3 is 2.55 bits per heavy atom. The van der Waals surface area contributed by atoms with Gasteiger partial charge in [-0.2, -0.15) is 0 Å². The topological polar surface area (TPSA) is 55.8 Å². The van der Waals surface area contributed by atoms with Gasteiger partial charge in [0, 0.05) is 16.6 Å². The van der Waals surface area contributed by atoms with Crippen LogP contribution in [-0.2, 0) is 0 Å². The zero-order valence-corrected chi connectivity index (χ0v) is 12.0. The third kappa shape index (κ3) is 3.27. The van der Waals surface area contributed by atoms with E-state index in [1.807, 2.05) is 0 Å². The van der Waals surface area contributed by atoms with Crippen molar-refractivity contribution < 1.29 is 23.8 Å². The minimum Gasteiger partial charge on any atom is -0.497 e. The first-order valence-electron chi connectivity index (χ1n) is 5.55. The number of carboxylic acid groups (broad SMARTS) is 1. The summed E-state index contributed by atoms with van der Waals surface area (Å²) in [5, 5.41) is 9.11. The van der Waals surface area contributed by atoms with Crippen LogP contribution in [0, 0.1) is 5.82 Å². The molecule has 0 fully saturated rings. The molecule has 0 atom stereocenters. The molecule has 2 aromatic rings. The molecule has 0 saturated heterocycles. The lowest BCUT2D eigenvalue weighted by Gasteiger charge is -2.11. The Bertz CT molecular complexity index is 637. The quantitative estimate of drug-likeness (QED) is 0.910. The van der Waals surface area contributed by atoms with Crippen LogP contribution in [-0.4, -0.2) is 18.2 Å². The molecule has 20 heavy (non-hydrogen) atoms. The maximum absolute atomic E-state index is 13.3. The highest BCUT2D eigenvalue weighted by Gasteiger charge is 2.14. The lowest BCUT2D eigenvalue weighted by atomic mass is 10.2. The number of benzene rings is 2. The molecule has 0 aliphatic carbocycles. The number of ether oxygens (including phenoxy) is 2. The molecule has 0 heterocycles. The van der Waals surface area contributed by atoms with Gasteiger partial charge in [-0.1, -0.05) is 15.9 Å². The van der Waals surface area contributed by atoms with Crippen molar-refractivity contribution in [1.29, 1.82) is 0 Å². The third-order valence-corrected chi connectivity index (χ3v) is 2.94. The van der Waals surface area contributed by atoms with E-state index in [0.29, 0.717) is 10.2 Å². The number of hydrogen-bond acceptors (Lipinski definition) is 3. The van der Waals surface area contributed by atoms with E-state index in [1.165, 1.54) is 37.4 Å². The van der Waals surface area contributed by atoms with Crippen molar-refractivity contribution in [1.82, 2.24) is 0 Å². The van der Waals surface area contributed by atoms with Gasteiger partial charge in [-0.3, -0.25) is 0 Å². The number of aromatic carboxylic acids is 1. The fourth-order valence-corrected chi connectivity index (χ4v) is 2.05. The molecule has 0 radical (unpaired) electrons. The average molecular weight is 341 g/mol. The zero-order valence-electron chi connectivity index (χ0n) is 10.4. The standard InChI is InChI=1S/C14H10BrFO4/c1-19-10-2-3-12(14(17)18)13(7-10)20-11-5-8(15)4-9(16)6-11/h2-7H,1H3,(H,17,18). The fourth-order valence-electron chi connectivity index (χ4n) is 1.61. The molecule has 0 aliphatic rings. The van der Waals surface area contributed by atoms with Crippen LogP contribution in [0.5, 0.6) is 17.2 Å². The largest absolute Gasteiger partial charge is 0.497 e. The number of carboxylic acids is 1. The van der Waals surface area contributed by atoms with E-state index in [4.69, 9.17) is 14.6 Å². The molecule has 0 saturated carbocycles. The van der Waals surface area contributed by atoms with Gasteiger partial charge in [0.2, 0.25) is 0 Å². The Labute approximate surface area is 122 Å². The summed E-state index contributed by atoms with van der Waals surface area (Å²) in [7, 11) is 1.46. The Hall–Kier alpha value is -2.08. The number of halogens is 2. The van der Waals surface area contributed by atoms with E-state index in [2.05, 4.69) is 15.9 Å². The molecule has 0 aromatic heterocycles. The van der Waals surface area contributed by atoms with Crippen molar-refractivity contribution in [2.75, 3.05) is 7.11 Å². The summed E-state index contributed by atoms with van der Waals surface area (Å²) >= 11 is 3.14. The van der Waals surface area contributed by atoms with Gasteiger partial charge in [-0.25, -0.2) is 9.18 Å². The van der Waals surface area contributed by atoms with Crippen molar-refractivity contribution in [3.8, 4) is 17.2 Å². The number of rotatable bonds is 4. The summed E-state index contributed by atoms with van der Waals surface area (Å²) < 4.78 is 24.2. The number of carbonyl (C=O) groups is 1. The van der Waals surface area contributed by atoms with Crippen LogP contribution in [0.1, 0.15) is 10.4 Å². The third-order valence-electron chi connectivity index (χ3n) is 2.48. The monoisotopic (exact) mass is 340 g/mol. The maximum Gasteiger partial charge on any atom is 0.339 e. The van der Waals surface area contributed by atoms with Gasteiger partial charge >= 0.3 is 5.97 Å². The Kier molecular flexibility index (Phi) is 4.24. The highest BCUT2D eigenvalue weighted by Crippen LogP contribution is 2.31. The molecular weight excluding hydrogens is 331 g/mol. The van der Waals surface area contributed by atoms with Gasteiger partial charge in [0.1, 0.15) is 28.6 Å². The van der Waals surface area contributed by atoms with Crippen molar-refractivity contribution in [2.45, 2.75) is 0 Å². The second-order valence-corrected chi connectivity index (χ2v) is 4.79. The van der Waals surface area contributed by atoms with Gasteiger partial charge in [-0.05, 0) is 24.3 Å². The second-order valence-electron chi connectivity index (χ2n) is 3.87. The molecule has 0 bridgehead atoms. The molecule has 4 nitrogen and oxygen atoms in total. The molecule has 2 rings (SSSR count). The highest BCUT2D eigenvalue weighted by molar-refractivity contribution is 9.10. The molecular formula is C14H10BrFO4. The maximum atomic E-state index is 13.3. The summed E-state index contributed by atoms with van der Waals surface area (Å²) in [4.78, 5) is 11.1. The predicted octanol–water partition coefficient (Wildman–Crippen LogP) is 4.09. The van der Waals surface area contributed by atoms with Crippen molar-refractivity contribution in [3.63, 3.8) is 0 Å². The van der Waals surface area contributed by atoms with E-state index < -0.39 is 11.8 Å². The average Bonchev–Trinajstić information content (AvgIpc) is 2.37. The van der Waals surface area contributed by atoms with Gasteiger partial charge in [0.15, 0.2) is 0 Å². The zero-order chi connectivity index (χ0) is 14.7. The number of methoxy groups -OCH3 is 1. The first kappa shape index (κ1) is 14.3. The minimum absolute atomic E-state index is 0.0359. The first-order valence-corrected chi connectivity index (χ1v) is 6.34. The molecule has 2 aromatic carbocycles. The fraction of sp³-hybridized carbons (Fsp3) is 0.0714. The van der Waals surface area contributed by atoms with Crippen LogP contribution in [0.25, 0.3) is 0 Å². The van der Waals surface area contributed by atoms with Crippen LogP contribution < -0.4 is 9.47 Å². The molecule has 0 unspecified atom stereocenters.